The molecule has 1 spiro atoms. The highest BCUT2D eigenvalue weighted by molar-refractivity contribution is 5.90. The highest BCUT2D eigenvalue weighted by atomic mass is 16.2. The molecule has 0 aromatic carbocycles. The number of pyridine rings is 1. The molecular formula is C21H30N4O2. The summed E-state index contributed by atoms with van der Waals surface area (Å²) < 4.78 is 0. The predicted molar refractivity (Wildman–Crippen MR) is 104 cm³/mol. The molecule has 146 valence electrons. The van der Waals surface area contributed by atoms with E-state index in [0.717, 1.165) is 57.0 Å². The van der Waals surface area contributed by atoms with Gasteiger partial charge in [0.15, 0.2) is 0 Å². The van der Waals surface area contributed by atoms with Crippen molar-refractivity contribution in [1.29, 1.82) is 0 Å². The average Bonchev–Trinajstić information content (AvgIpc) is 3.05. The molecule has 1 aromatic rings. The van der Waals surface area contributed by atoms with Gasteiger partial charge in [0.2, 0.25) is 11.8 Å². The number of hydrogen-bond acceptors (Lipinski definition) is 4. The number of nitrogens with zero attached hydrogens (tertiary/aromatic N) is 3. The fourth-order valence-electron chi connectivity index (χ4n) is 4.76. The van der Waals surface area contributed by atoms with Crippen molar-refractivity contribution in [1.82, 2.24) is 14.8 Å². The van der Waals surface area contributed by atoms with E-state index < -0.39 is 0 Å². The molecule has 4 rings (SSSR count). The summed E-state index contributed by atoms with van der Waals surface area (Å²) in [4.78, 5) is 33.8. The maximum Gasteiger partial charge on any atom is 0.230 e. The number of hydrogen-bond donors (Lipinski definition) is 1. The van der Waals surface area contributed by atoms with Gasteiger partial charge in [0, 0.05) is 38.8 Å². The summed E-state index contributed by atoms with van der Waals surface area (Å²) in [6.07, 6.45) is 10.8. The predicted octanol–water partition coefficient (Wildman–Crippen LogP) is 2.52. The molecular weight excluding hydrogens is 340 g/mol. The number of amides is 2. The van der Waals surface area contributed by atoms with Gasteiger partial charge in [0.25, 0.3) is 0 Å². The van der Waals surface area contributed by atoms with Gasteiger partial charge in [-0.05, 0) is 56.7 Å². The Morgan fingerprint density at radius 1 is 1.26 bits per heavy atom. The number of piperidine rings is 1. The van der Waals surface area contributed by atoms with Crippen molar-refractivity contribution < 1.29 is 9.59 Å². The molecule has 3 fully saturated rings. The summed E-state index contributed by atoms with van der Waals surface area (Å²) in [5.74, 6) is 1.12. The smallest absolute Gasteiger partial charge is 0.230 e. The molecule has 1 N–H and O–H groups in total. The molecule has 0 radical (unpaired) electrons. The van der Waals surface area contributed by atoms with Crippen LogP contribution in [0.1, 0.15) is 44.9 Å². The van der Waals surface area contributed by atoms with E-state index in [0.29, 0.717) is 18.9 Å². The Kier molecular flexibility index (Phi) is 5.43. The van der Waals surface area contributed by atoms with E-state index in [9.17, 15) is 9.59 Å². The Labute approximate surface area is 161 Å². The van der Waals surface area contributed by atoms with Gasteiger partial charge < -0.3 is 15.1 Å². The lowest BCUT2D eigenvalue weighted by molar-refractivity contribution is -0.146. The first-order chi connectivity index (χ1) is 13.1. The molecule has 2 aliphatic heterocycles. The van der Waals surface area contributed by atoms with Crippen LogP contribution in [-0.4, -0.2) is 59.3 Å². The zero-order valence-corrected chi connectivity index (χ0v) is 16.0. The van der Waals surface area contributed by atoms with Crippen LogP contribution in [0, 0.1) is 11.3 Å². The topological polar surface area (TPSA) is 65.5 Å². The SMILES string of the molecule is O=C(CCN1CC[C@]2(CCCN(CC3CCC3)C2=O)C1)Nc1cccnc1. The van der Waals surface area contributed by atoms with Gasteiger partial charge in [0.05, 0.1) is 17.3 Å². The Morgan fingerprint density at radius 2 is 2.15 bits per heavy atom. The lowest BCUT2D eigenvalue weighted by atomic mass is 9.77. The largest absolute Gasteiger partial charge is 0.342 e. The van der Waals surface area contributed by atoms with Gasteiger partial charge in [0.1, 0.15) is 0 Å². The van der Waals surface area contributed by atoms with Crippen LogP contribution in [0.25, 0.3) is 0 Å². The van der Waals surface area contributed by atoms with Gasteiger partial charge in [-0.2, -0.15) is 0 Å². The molecule has 1 atom stereocenters. The van der Waals surface area contributed by atoms with Gasteiger partial charge in [-0.3, -0.25) is 14.6 Å². The molecule has 3 heterocycles. The highest BCUT2D eigenvalue weighted by Crippen LogP contribution is 2.41. The van der Waals surface area contributed by atoms with Crippen LogP contribution in [0.4, 0.5) is 5.69 Å². The Hall–Kier alpha value is -1.95. The average molecular weight is 370 g/mol. The van der Waals surface area contributed by atoms with Crippen molar-refractivity contribution in [2.45, 2.75) is 44.9 Å². The molecule has 6 heteroatoms. The quantitative estimate of drug-likeness (QED) is 0.836. The number of anilines is 1. The lowest BCUT2D eigenvalue weighted by Crippen LogP contribution is -2.51. The van der Waals surface area contributed by atoms with E-state index in [4.69, 9.17) is 0 Å². The van der Waals surface area contributed by atoms with Crippen molar-refractivity contribution in [3.63, 3.8) is 0 Å². The van der Waals surface area contributed by atoms with Crippen LogP contribution in [0.15, 0.2) is 24.5 Å². The third-order valence-corrected chi connectivity index (χ3v) is 6.56. The molecule has 0 unspecified atom stereocenters. The molecule has 1 aliphatic carbocycles. The second-order valence-corrected chi connectivity index (χ2v) is 8.50. The van der Waals surface area contributed by atoms with Crippen molar-refractivity contribution in [2.24, 2.45) is 11.3 Å². The molecule has 3 aliphatic rings. The Balaban J connectivity index is 1.27. The monoisotopic (exact) mass is 370 g/mol. The van der Waals surface area contributed by atoms with Crippen molar-refractivity contribution in [3.05, 3.63) is 24.5 Å². The summed E-state index contributed by atoms with van der Waals surface area (Å²) in [6.45, 7) is 4.35. The number of aromatic nitrogens is 1. The molecule has 1 aromatic heterocycles. The van der Waals surface area contributed by atoms with Crippen molar-refractivity contribution in [2.75, 3.05) is 38.0 Å². The first-order valence-electron chi connectivity index (χ1n) is 10.4. The fraction of sp³-hybridized carbons (Fsp3) is 0.667. The maximum atomic E-state index is 13.2. The summed E-state index contributed by atoms with van der Waals surface area (Å²) >= 11 is 0. The van der Waals surface area contributed by atoms with Crippen molar-refractivity contribution >= 4 is 17.5 Å². The van der Waals surface area contributed by atoms with E-state index in [2.05, 4.69) is 20.1 Å². The molecule has 6 nitrogen and oxygen atoms in total. The first-order valence-corrected chi connectivity index (χ1v) is 10.4. The van der Waals surface area contributed by atoms with Crippen LogP contribution >= 0.6 is 0 Å². The van der Waals surface area contributed by atoms with Crippen LogP contribution in [-0.2, 0) is 9.59 Å². The van der Waals surface area contributed by atoms with Gasteiger partial charge in [-0.15, -0.1) is 0 Å². The second-order valence-electron chi connectivity index (χ2n) is 8.50. The third kappa shape index (κ3) is 4.15. The summed E-state index contributed by atoms with van der Waals surface area (Å²) in [7, 11) is 0. The van der Waals surface area contributed by atoms with Gasteiger partial charge in [-0.25, -0.2) is 0 Å². The minimum atomic E-state index is -0.193. The van der Waals surface area contributed by atoms with Crippen LogP contribution in [0.2, 0.25) is 0 Å². The van der Waals surface area contributed by atoms with E-state index >= 15 is 0 Å². The number of carbonyl (C=O) groups is 2. The molecule has 0 bridgehead atoms. The minimum Gasteiger partial charge on any atom is -0.342 e. The van der Waals surface area contributed by atoms with Crippen LogP contribution < -0.4 is 5.32 Å². The number of rotatable bonds is 6. The normalized spacial score (nSPS) is 26.4. The van der Waals surface area contributed by atoms with E-state index in [1.54, 1.807) is 12.4 Å². The molecule has 27 heavy (non-hydrogen) atoms. The summed E-state index contributed by atoms with van der Waals surface area (Å²) in [6, 6.07) is 3.65. The van der Waals surface area contributed by atoms with Crippen LogP contribution in [0.5, 0.6) is 0 Å². The Bertz CT molecular complexity index is 676. The van der Waals surface area contributed by atoms with E-state index in [1.807, 2.05) is 12.1 Å². The van der Waals surface area contributed by atoms with E-state index in [-0.39, 0.29) is 11.3 Å². The molecule has 1 saturated carbocycles. The van der Waals surface area contributed by atoms with E-state index in [1.165, 1.54) is 19.3 Å². The number of carbonyl (C=O) groups excluding carboxylic acids is 2. The second kappa shape index (κ2) is 7.97. The zero-order valence-electron chi connectivity index (χ0n) is 16.0. The third-order valence-electron chi connectivity index (χ3n) is 6.56. The Morgan fingerprint density at radius 3 is 2.89 bits per heavy atom. The van der Waals surface area contributed by atoms with Gasteiger partial charge in [-0.1, -0.05) is 6.42 Å². The summed E-state index contributed by atoms with van der Waals surface area (Å²) in [5.41, 5.74) is 0.538. The first kappa shape index (κ1) is 18.4. The van der Waals surface area contributed by atoms with Gasteiger partial charge >= 0.3 is 0 Å². The maximum absolute atomic E-state index is 13.2. The zero-order chi connectivity index (χ0) is 18.7. The fourth-order valence-corrected chi connectivity index (χ4v) is 4.76. The lowest BCUT2D eigenvalue weighted by Gasteiger charge is -2.42. The molecule has 2 amide bonds. The molecule has 2 saturated heterocycles. The van der Waals surface area contributed by atoms with Crippen LogP contribution in [0.3, 0.4) is 0 Å². The highest BCUT2D eigenvalue weighted by Gasteiger charge is 2.48. The number of likely N-dealkylation sites (tertiary alicyclic amines) is 2. The van der Waals surface area contributed by atoms with Crippen molar-refractivity contribution in [3.8, 4) is 0 Å². The minimum absolute atomic E-state index is 0.00512. The summed E-state index contributed by atoms with van der Waals surface area (Å²) in [5, 5.41) is 2.88. The standard InChI is InChI=1S/C21H30N4O2/c26-19(23-18-6-2-10-22-14-18)7-12-24-13-9-21(16-24)8-3-11-25(20(21)27)15-17-4-1-5-17/h2,6,10,14,17H,1,3-5,7-9,11-13,15-16H2,(H,23,26)/t21-/m1/s1. The number of nitrogens with one attached hydrogen (secondary N) is 1.